The molecule has 1 aliphatic heterocycles. The summed E-state index contributed by atoms with van der Waals surface area (Å²) in [6.45, 7) is 10.1. The fourth-order valence-electron chi connectivity index (χ4n) is 1.79. The number of anilines is 2. The summed E-state index contributed by atoms with van der Waals surface area (Å²) in [6.07, 6.45) is 0. The molecule has 2 heteroatoms. The van der Waals surface area contributed by atoms with E-state index < -0.39 is 0 Å². The Labute approximate surface area is 92.1 Å². The first-order valence-electron chi connectivity index (χ1n) is 5.53. The molecule has 82 valence electrons. The molecule has 1 aliphatic rings. The van der Waals surface area contributed by atoms with Gasteiger partial charge in [0.15, 0.2) is 0 Å². The monoisotopic (exact) mass is 204 g/mol. The highest BCUT2D eigenvalue weighted by molar-refractivity contribution is 5.70. The number of para-hydroxylation sites is 2. The van der Waals surface area contributed by atoms with Crippen molar-refractivity contribution in [2.45, 2.75) is 33.2 Å². The van der Waals surface area contributed by atoms with Crippen LogP contribution in [0.2, 0.25) is 0 Å². The molecular formula is C13H20N2. The van der Waals surface area contributed by atoms with Crippen molar-refractivity contribution in [2.75, 3.05) is 17.2 Å². The van der Waals surface area contributed by atoms with Crippen LogP contribution in [0.15, 0.2) is 24.3 Å². The third kappa shape index (κ3) is 1.69. The van der Waals surface area contributed by atoms with Gasteiger partial charge in [0.05, 0.1) is 11.4 Å². The van der Waals surface area contributed by atoms with Gasteiger partial charge >= 0.3 is 0 Å². The lowest BCUT2D eigenvalue weighted by molar-refractivity contribution is 0.245. The highest BCUT2D eigenvalue weighted by atomic mass is 15.1. The van der Waals surface area contributed by atoms with E-state index in [-0.39, 0.29) is 11.0 Å². The van der Waals surface area contributed by atoms with E-state index in [1.54, 1.807) is 0 Å². The van der Waals surface area contributed by atoms with Crippen LogP contribution in [0.1, 0.15) is 27.7 Å². The molecule has 0 bridgehead atoms. The van der Waals surface area contributed by atoms with Gasteiger partial charge in [-0.2, -0.15) is 0 Å². The third-order valence-corrected chi connectivity index (χ3v) is 3.79. The molecule has 0 unspecified atom stereocenters. The minimum Gasteiger partial charge on any atom is -0.383 e. The Morgan fingerprint density at radius 3 is 2.27 bits per heavy atom. The Hall–Kier alpha value is -1.18. The van der Waals surface area contributed by atoms with E-state index in [2.05, 4.69) is 62.6 Å². The van der Waals surface area contributed by atoms with E-state index in [0.717, 1.165) is 6.54 Å². The average Bonchev–Trinajstić information content (AvgIpc) is 2.23. The standard InChI is InChI=1S/C13H20N2/c1-12(2)9-14-10-7-5-6-8-11(10)15-13(12,3)4/h5-8,14-15H,9H2,1-4H3. The van der Waals surface area contributed by atoms with Crippen LogP contribution in [-0.4, -0.2) is 12.1 Å². The van der Waals surface area contributed by atoms with Crippen LogP contribution < -0.4 is 10.6 Å². The summed E-state index contributed by atoms with van der Waals surface area (Å²) in [5, 5.41) is 7.13. The van der Waals surface area contributed by atoms with Gasteiger partial charge in [-0.15, -0.1) is 0 Å². The average molecular weight is 204 g/mol. The number of rotatable bonds is 0. The minimum absolute atomic E-state index is 0.0899. The maximum atomic E-state index is 3.63. The highest BCUT2D eigenvalue weighted by Gasteiger charge is 2.38. The lowest BCUT2D eigenvalue weighted by atomic mass is 9.74. The molecule has 0 fully saturated rings. The molecule has 0 saturated heterocycles. The summed E-state index contributed by atoms with van der Waals surface area (Å²) < 4.78 is 0. The summed E-state index contributed by atoms with van der Waals surface area (Å²) in [7, 11) is 0. The van der Waals surface area contributed by atoms with Gasteiger partial charge in [0.25, 0.3) is 0 Å². The third-order valence-electron chi connectivity index (χ3n) is 3.79. The van der Waals surface area contributed by atoms with Crippen LogP contribution in [0.4, 0.5) is 11.4 Å². The smallest absolute Gasteiger partial charge is 0.0580 e. The lowest BCUT2D eigenvalue weighted by Crippen LogP contribution is -2.47. The normalized spacial score (nSPS) is 21.9. The van der Waals surface area contributed by atoms with E-state index in [4.69, 9.17) is 0 Å². The van der Waals surface area contributed by atoms with E-state index in [1.165, 1.54) is 11.4 Å². The predicted octanol–water partition coefficient (Wildman–Crippen LogP) is 3.33. The van der Waals surface area contributed by atoms with Crippen LogP contribution >= 0.6 is 0 Å². The first-order chi connectivity index (χ1) is 6.92. The van der Waals surface area contributed by atoms with Crippen molar-refractivity contribution in [2.24, 2.45) is 5.41 Å². The topological polar surface area (TPSA) is 24.1 Å². The molecule has 0 spiro atoms. The molecule has 2 N–H and O–H groups in total. The van der Waals surface area contributed by atoms with Gasteiger partial charge in [-0.1, -0.05) is 26.0 Å². The minimum atomic E-state index is 0.0899. The van der Waals surface area contributed by atoms with Crippen molar-refractivity contribution in [3.8, 4) is 0 Å². The van der Waals surface area contributed by atoms with Crippen molar-refractivity contribution >= 4 is 11.4 Å². The van der Waals surface area contributed by atoms with E-state index in [9.17, 15) is 0 Å². The number of hydrogen-bond acceptors (Lipinski definition) is 2. The summed E-state index contributed by atoms with van der Waals surface area (Å²) in [5.41, 5.74) is 2.71. The summed E-state index contributed by atoms with van der Waals surface area (Å²) in [5.74, 6) is 0. The molecule has 1 aromatic rings. The Morgan fingerprint density at radius 1 is 1.00 bits per heavy atom. The SMILES string of the molecule is CC1(C)CNc2ccccc2NC1(C)C. The van der Waals surface area contributed by atoms with Gasteiger partial charge < -0.3 is 10.6 Å². The Kier molecular flexibility index (Phi) is 2.18. The summed E-state index contributed by atoms with van der Waals surface area (Å²) >= 11 is 0. The molecule has 0 aliphatic carbocycles. The van der Waals surface area contributed by atoms with Crippen LogP contribution in [0.5, 0.6) is 0 Å². The van der Waals surface area contributed by atoms with E-state index in [1.807, 2.05) is 0 Å². The molecule has 0 atom stereocenters. The number of hydrogen-bond donors (Lipinski definition) is 2. The van der Waals surface area contributed by atoms with Crippen molar-refractivity contribution in [1.82, 2.24) is 0 Å². The Balaban J connectivity index is 2.42. The van der Waals surface area contributed by atoms with E-state index >= 15 is 0 Å². The largest absolute Gasteiger partial charge is 0.383 e. The Morgan fingerprint density at radius 2 is 1.60 bits per heavy atom. The number of fused-ring (bicyclic) bond motifs is 1. The molecule has 1 heterocycles. The van der Waals surface area contributed by atoms with Crippen molar-refractivity contribution < 1.29 is 0 Å². The second-order valence-electron chi connectivity index (χ2n) is 5.53. The maximum absolute atomic E-state index is 3.63. The summed E-state index contributed by atoms with van der Waals surface area (Å²) in [6, 6.07) is 8.39. The maximum Gasteiger partial charge on any atom is 0.0580 e. The molecule has 0 saturated carbocycles. The van der Waals surface area contributed by atoms with Crippen molar-refractivity contribution in [3.05, 3.63) is 24.3 Å². The molecule has 2 nitrogen and oxygen atoms in total. The summed E-state index contributed by atoms with van der Waals surface area (Å²) in [4.78, 5) is 0. The Bertz CT molecular complexity index is 367. The van der Waals surface area contributed by atoms with Gasteiger partial charge in [-0.25, -0.2) is 0 Å². The lowest BCUT2D eigenvalue weighted by Gasteiger charge is -2.41. The quantitative estimate of drug-likeness (QED) is 0.677. The van der Waals surface area contributed by atoms with Crippen molar-refractivity contribution in [1.29, 1.82) is 0 Å². The molecule has 15 heavy (non-hydrogen) atoms. The number of nitrogens with one attached hydrogen (secondary N) is 2. The number of benzene rings is 1. The van der Waals surface area contributed by atoms with E-state index in [0.29, 0.717) is 0 Å². The molecule has 0 aromatic heterocycles. The fraction of sp³-hybridized carbons (Fsp3) is 0.538. The van der Waals surface area contributed by atoms with Gasteiger partial charge in [0.1, 0.15) is 0 Å². The molecular weight excluding hydrogens is 184 g/mol. The molecule has 0 amide bonds. The zero-order valence-corrected chi connectivity index (χ0v) is 10.0. The second-order valence-corrected chi connectivity index (χ2v) is 5.53. The molecule has 2 rings (SSSR count). The van der Waals surface area contributed by atoms with Crippen LogP contribution in [-0.2, 0) is 0 Å². The second kappa shape index (κ2) is 3.16. The van der Waals surface area contributed by atoms with Gasteiger partial charge in [0.2, 0.25) is 0 Å². The fourth-order valence-corrected chi connectivity index (χ4v) is 1.79. The van der Waals surface area contributed by atoms with Crippen LogP contribution in [0, 0.1) is 5.41 Å². The first-order valence-corrected chi connectivity index (χ1v) is 5.53. The van der Waals surface area contributed by atoms with Gasteiger partial charge in [-0.3, -0.25) is 0 Å². The highest BCUT2D eigenvalue weighted by Crippen LogP contribution is 2.39. The van der Waals surface area contributed by atoms with Crippen LogP contribution in [0.3, 0.4) is 0 Å². The van der Waals surface area contributed by atoms with Crippen LogP contribution in [0.25, 0.3) is 0 Å². The zero-order valence-electron chi connectivity index (χ0n) is 10.0. The van der Waals surface area contributed by atoms with Crippen molar-refractivity contribution in [3.63, 3.8) is 0 Å². The zero-order chi connectivity index (χ0) is 11.1. The molecule has 1 aromatic carbocycles. The molecule has 0 radical (unpaired) electrons. The van der Waals surface area contributed by atoms with Gasteiger partial charge in [-0.05, 0) is 26.0 Å². The first kappa shape index (κ1) is 10.3. The van der Waals surface area contributed by atoms with Gasteiger partial charge in [0, 0.05) is 17.5 Å². The predicted molar refractivity (Wildman–Crippen MR) is 66.4 cm³/mol.